The van der Waals surface area contributed by atoms with Gasteiger partial charge in [0.05, 0.1) is 34.4 Å². The molecule has 0 aliphatic carbocycles. The van der Waals surface area contributed by atoms with E-state index in [1.54, 1.807) is 31.4 Å². The summed E-state index contributed by atoms with van der Waals surface area (Å²) in [5.74, 6) is 1.75. The van der Waals surface area contributed by atoms with E-state index in [2.05, 4.69) is 43.9 Å². The van der Waals surface area contributed by atoms with Crippen molar-refractivity contribution in [3.05, 3.63) is 75.6 Å². The van der Waals surface area contributed by atoms with Crippen molar-refractivity contribution >= 4 is 56.9 Å². The highest BCUT2D eigenvalue weighted by Gasteiger charge is 2.15. The Bertz CT molecular complexity index is 1440. The maximum Gasteiger partial charge on any atom is 0.262 e. The van der Waals surface area contributed by atoms with Crippen molar-refractivity contribution in [1.82, 2.24) is 9.97 Å². The SMILES string of the molecule is COc1ccc2nc(/C(C#N)=C\c3cc(I)c(OCC(=O)Nc4ccccc4)c(OC)c3)[nH]c2c1. The first-order valence-corrected chi connectivity index (χ1v) is 11.6. The van der Waals surface area contributed by atoms with E-state index in [4.69, 9.17) is 14.2 Å². The quantitative estimate of drug-likeness (QED) is 0.217. The summed E-state index contributed by atoms with van der Waals surface area (Å²) in [5.41, 5.74) is 3.27. The third kappa shape index (κ3) is 5.73. The molecule has 0 bridgehead atoms. The Kier molecular flexibility index (Phi) is 7.52. The third-order valence-electron chi connectivity index (χ3n) is 5.03. The van der Waals surface area contributed by atoms with E-state index in [1.807, 2.05) is 42.5 Å². The number of aromatic nitrogens is 2. The Morgan fingerprint density at radius 2 is 1.94 bits per heavy atom. The first-order valence-electron chi connectivity index (χ1n) is 10.5. The monoisotopic (exact) mass is 580 g/mol. The van der Waals surface area contributed by atoms with Gasteiger partial charge < -0.3 is 24.5 Å². The van der Waals surface area contributed by atoms with Crippen molar-refractivity contribution in [2.45, 2.75) is 0 Å². The lowest BCUT2D eigenvalue weighted by Gasteiger charge is -2.14. The molecule has 176 valence electrons. The zero-order valence-corrected chi connectivity index (χ0v) is 21.1. The van der Waals surface area contributed by atoms with Crippen LogP contribution < -0.4 is 19.5 Å². The molecule has 1 amide bonds. The lowest BCUT2D eigenvalue weighted by atomic mass is 10.1. The second-order valence-corrected chi connectivity index (χ2v) is 8.54. The largest absolute Gasteiger partial charge is 0.497 e. The van der Waals surface area contributed by atoms with Crippen molar-refractivity contribution in [1.29, 1.82) is 5.26 Å². The number of H-pyrrole nitrogens is 1. The van der Waals surface area contributed by atoms with Gasteiger partial charge in [-0.2, -0.15) is 5.26 Å². The number of allylic oxidation sites excluding steroid dienone is 1. The number of aromatic amines is 1. The number of fused-ring (bicyclic) bond motifs is 1. The predicted octanol–water partition coefficient (Wildman–Crippen LogP) is 5.27. The molecule has 0 spiro atoms. The average Bonchev–Trinajstić information content (AvgIpc) is 3.30. The average molecular weight is 580 g/mol. The Balaban J connectivity index is 1.55. The molecule has 0 aliphatic rings. The molecule has 0 saturated carbocycles. The summed E-state index contributed by atoms with van der Waals surface area (Å²) >= 11 is 2.11. The van der Waals surface area contributed by atoms with Gasteiger partial charge in [0.1, 0.15) is 17.6 Å². The Labute approximate surface area is 215 Å². The molecule has 9 heteroatoms. The molecule has 35 heavy (non-hydrogen) atoms. The third-order valence-corrected chi connectivity index (χ3v) is 5.83. The number of nitrogens with zero attached hydrogens (tertiary/aromatic N) is 2. The zero-order valence-electron chi connectivity index (χ0n) is 19.0. The molecule has 1 heterocycles. The summed E-state index contributed by atoms with van der Waals surface area (Å²) in [5, 5.41) is 12.6. The molecule has 1 aromatic heterocycles. The fraction of sp³-hybridized carbons (Fsp3) is 0.115. The molecule has 0 fully saturated rings. The fourth-order valence-electron chi connectivity index (χ4n) is 3.38. The zero-order chi connectivity index (χ0) is 24.8. The summed E-state index contributed by atoms with van der Waals surface area (Å²) in [6.45, 7) is -0.178. The lowest BCUT2D eigenvalue weighted by Crippen LogP contribution is -2.20. The Morgan fingerprint density at radius 1 is 1.14 bits per heavy atom. The number of nitrogens with one attached hydrogen (secondary N) is 2. The minimum Gasteiger partial charge on any atom is -0.497 e. The highest BCUT2D eigenvalue weighted by atomic mass is 127. The minimum atomic E-state index is -0.286. The number of anilines is 1. The van der Waals surface area contributed by atoms with Gasteiger partial charge in [-0.25, -0.2) is 4.98 Å². The minimum absolute atomic E-state index is 0.178. The van der Waals surface area contributed by atoms with E-state index in [9.17, 15) is 10.1 Å². The van der Waals surface area contributed by atoms with Crippen molar-refractivity contribution in [3.8, 4) is 23.3 Å². The number of carbonyl (C=O) groups is 1. The van der Waals surface area contributed by atoms with E-state index < -0.39 is 0 Å². The van der Waals surface area contributed by atoms with Crippen LogP contribution in [0.15, 0.2) is 60.7 Å². The first kappa shape index (κ1) is 24.1. The molecule has 2 N–H and O–H groups in total. The molecule has 3 aromatic carbocycles. The lowest BCUT2D eigenvalue weighted by molar-refractivity contribution is -0.118. The van der Waals surface area contributed by atoms with Gasteiger partial charge in [0.15, 0.2) is 18.1 Å². The number of hydrogen-bond donors (Lipinski definition) is 2. The second-order valence-electron chi connectivity index (χ2n) is 7.38. The molecule has 0 aliphatic heterocycles. The summed E-state index contributed by atoms with van der Waals surface area (Å²) in [6, 6.07) is 20.4. The Morgan fingerprint density at radius 3 is 2.66 bits per heavy atom. The van der Waals surface area contributed by atoms with Crippen LogP contribution in [-0.2, 0) is 4.79 Å². The summed E-state index contributed by atoms with van der Waals surface area (Å²) in [7, 11) is 3.12. The molecule has 0 saturated heterocycles. The molecule has 0 radical (unpaired) electrons. The van der Waals surface area contributed by atoms with Crippen molar-refractivity contribution in [3.63, 3.8) is 0 Å². The number of carbonyl (C=O) groups excluding carboxylic acids is 1. The van der Waals surface area contributed by atoms with Gasteiger partial charge in [0.2, 0.25) is 0 Å². The van der Waals surface area contributed by atoms with Crippen LogP contribution in [0.2, 0.25) is 0 Å². The predicted molar refractivity (Wildman–Crippen MR) is 142 cm³/mol. The van der Waals surface area contributed by atoms with Crippen molar-refractivity contribution < 1.29 is 19.0 Å². The molecular formula is C26H21IN4O4. The molecule has 0 unspecified atom stereocenters. The van der Waals surface area contributed by atoms with Gasteiger partial charge in [-0.1, -0.05) is 18.2 Å². The molecule has 4 rings (SSSR count). The number of nitriles is 1. The molecule has 4 aromatic rings. The van der Waals surface area contributed by atoms with Crippen LogP contribution in [0.3, 0.4) is 0 Å². The number of halogens is 1. The summed E-state index contributed by atoms with van der Waals surface area (Å²) < 4.78 is 17.2. The maximum atomic E-state index is 12.3. The van der Waals surface area contributed by atoms with Gasteiger partial charge in [-0.15, -0.1) is 0 Å². The van der Waals surface area contributed by atoms with Crippen LogP contribution in [-0.4, -0.2) is 36.7 Å². The number of ether oxygens (including phenoxy) is 3. The normalized spacial score (nSPS) is 11.1. The summed E-state index contributed by atoms with van der Waals surface area (Å²) in [6.07, 6.45) is 1.71. The van der Waals surface area contributed by atoms with Gasteiger partial charge in [0, 0.05) is 11.8 Å². The second kappa shape index (κ2) is 10.9. The van der Waals surface area contributed by atoms with Crippen LogP contribution in [0.4, 0.5) is 5.69 Å². The van der Waals surface area contributed by atoms with Crippen LogP contribution in [0.5, 0.6) is 17.2 Å². The number of amides is 1. The fourth-order valence-corrected chi connectivity index (χ4v) is 4.16. The maximum absolute atomic E-state index is 12.3. The van der Waals surface area contributed by atoms with E-state index >= 15 is 0 Å². The van der Waals surface area contributed by atoms with E-state index in [-0.39, 0.29) is 12.5 Å². The van der Waals surface area contributed by atoms with Gasteiger partial charge in [-0.05, 0) is 70.6 Å². The van der Waals surface area contributed by atoms with Crippen molar-refractivity contribution in [2.24, 2.45) is 0 Å². The molecule has 8 nitrogen and oxygen atoms in total. The first-order chi connectivity index (χ1) is 17.0. The highest BCUT2D eigenvalue weighted by Crippen LogP contribution is 2.35. The Hall–Kier alpha value is -4.04. The van der Waals surface area contributed by atoms with Crippen molar-refractivity contribution in [2.75, 3.05) is 26.1 Å². The number of imidazole rings is 1. The standard InChI is InChI=1S/C26H21IN4O4/c1-33-19-8-9-21-22(13-19)31-26(30-21)17(14-28)10-16-11-20(27)25(23(12-16)34-2)35-15-24(32)29-18-6-4-3-5-7-18/h3-13H,15H2,1-2H3,(H,29,32)(H,30,31)/b17-10-. The highest BCUT2D eigenvalue weighted by molar-refractivity contribution is 14.1. The number of para-hydroxylation sites is 1. The van der Waals surface area contributed by atoms with Gasteiger partial charge in [-0.3, -0.25) is 4.79 Å². The van der Waals surface area contributed by atoms with E-state index in [0.29, 0.717) is 34.3 Å². The van der Waals surface area contributed by atoms with E-state index in [1.165, 1.54) is 7.11 Å². The van der Waals surface area contributed by atoms with Crippen LogP contribution in [0.1, 0.15) is 11.4 Å². The topological polar surface area (TPSA) is 109 Å². The number of benzene rings is 3. The molecular weight excluding hydrogens is 559 g/mol. The van der Waals surface area contributed by atoms with Crippen LogP contribution >= 0.6 is 22.6 Å². The van der Waals surface area contributed by atoms with E-state index in [0.717, 1.165) is 20.2 Å². The van der Waals surface area contributed by atoms with Crippen LogP contribution in [0.25, 0.3) is 22.7 Å². The number of methoxy groups -OCH3 is 2. The summed E-state index contributed by atoms with van der Waals surface area (Å²) in [4.78, 5) is 20.0. The smallest absolute Gasteiger partial charge is 0.262 e. The molecule has 0 atom stereocenters. The number of hydrogen-bond acceptors (Lipinski definition) is 6. The van der Waals surface area contributed by atoms with Gasteiger partial charge >= 0.3 is 0 Å². The van der Waals surface area contributed by atoms with Crippen LogP contribution in [0, 0.1) is 14.9 Å². The van der Waals surface area contributed by atoms with Gasteiger partial charge in [0.25, 0.3) is 5.91 Å². The number of rotatable bonds is 8.